The molecule has 1 saturated heterocycles. The van der Waals surface area contributed by atoms with Crippen molar-refractivity contribution in [2.75, 3.05) is 6.61 Å². The van der Waals surface area contributed by atoms with Crippen LogP contribution in [0.2, 0.25) is 0 Å². The van der Waals surface area contributed by atoms with Crippen molar-refractivity contribution in [1.29, 1.82) is 5.26 Å². The second kappa shape index (κ2) is 6.70. The van der Waals surface area contributed by atoms with Gasteiger partial charge in [-0.15, -0.1) is 11.8 Å². The van der Waals surface area contributed by atoms with Gasteiger partial charge in [0.05, 0.1) is 6.07 Å². The number of nitrogens with one attached hydrogen (secondary N) is 1. The van der Waals surface area contributed by atoms with Gasteiger partial charge in [-0.2, -0.15) is 5.26 Å². The predicted octanol–water partition coefficient (Wildman–Crippen LogP) is -0.800. The van der Waals surface area contributed by atoms with Crippen LogP contribution >= 0.6 is 11.8 Å². The van der Waals surface area contributed by atoms with E-state index in [-0.39, 0.29) is 18.6 Å². The molecule has 0 radical (unpaired) electrons. The Morgan fingerprint density at radius 3 is 2.78 bits per heavy atom. The standard InChI is InChI=1S/C13H13N3O6S/c1-6(17)22-4-7-5-23-12-9(15-8(18)2-3-14)11(19)16(12)10(7)13(20)21/h5,9-10,12H,2,4H2,1H3,(H,15,18)(H,20,21)/t9-,10?,12-/m1/s1. The van der Waals surface area contributed by atoms with Crippen molar-refractivity contribution < 1.29 is 29.0 Å². The van der Waals surface area contributed by atoms with Crippen LogP contribution in [0.15, 0.2) is 11.0 Å². The number of aliphatic carboxylic acids is 1. The Morgan fingerprint density at radius 1 is 1.52 bits per heavy atom. The number of hydrogen-bond donors (Lipinski definition) is 2. The van der Waals surface area contributed by atoms with E-state index in [0.29, 0.717) is 0 Å². The van der Waals surface area contributed by atoms with E-state index in [1.165, 1.54) is 12.3 Å². The summed E-state index contributed by atoms with van der Waals surface area (Å²) < 4.78 is 4.80. The van der Waals surface area contributed by atoms with Crippen molar-refractivity contribution in [2.45, 2.75) is 30.8 Å². The quantitative estimate of drug-likeness (QED) is 0.490. The van der Waals surface area contributed by atoms with Gasteiger partial charge in [-0.25, -0.2) is 4.79 Å². The predicted molar refractivity (Wildman–Crippen MR) is 76.5 cm³/mol. The normalized spacial score (nSPS) is 25.4. The summed E-state index contributed by atoms with van der Waals surface area (Å²) in [6.07, 6.45) is -0.378. The number of esters is 1. The lowest BCUT2D eigenvalue weighted by Crippen LogP contribution is -2.74. The van der Waals surface area contributed by atoms with Crippen molar-refractivity contribution in [3.63, 3.8) is 0 Å². The molecular formula is C13H13N3O6S. The molecule has 2 aliphatic rings. The molecule has 0 spiro atoms. The molecule has 0 aromatic rings. The van der Waals surface area contributed by atoms with E-state index in [1.54, 1.807) is 6.07 Å². The summed E-state index contributed by atoms with van der Waals surface area (Å²) in [7, 11) is 0. The number of ether oxygens (including phenoxy) is 1. The molecule has 0 aliphatic carbocycles. The van der Waals surface area contributed by atoms with E-state index in [9.17, 15) is 24.3 Å². The monoisotopic (exact) mass is 339 g/mol. The molecule has 2 amide bonds. The summed E-state index contributed by atoms with van der Waals surface area (Å²) in [5.74, 6) is -2.94. The molecule has 0 aromatic carbocycles. The molecule has 23 heavy (non-hydrogen) atoms. The minimum atomic E-state index is -1.25. The summed E-state index contributed by atoms with van der Waals surface area (Å²) in [6, 6.07) is -0.434. The second-order valence-electron chi connectivity index (χ2n) is 4.87. The van der Waals surface area contributed by atoms with Crippen molar-refractivity contribution in [3.05, 3.63) is 11.0 Å². The van der Waals surface area contributed by atoms with Crippen LogP contribution in [0.4, 0.5) is 0 Å². The third kappa shape index (κ3) is 3.29. The van der Waals surface area contributed by atoms with Crippen molar-refractivity contribution in [2.24, 2.45) is 0 Å². The molecule has 10 heteroatoms. The fourth-order valence-corrected chi connectivity index (χ4v) is 3.52. The number of thioether (sulfide) groups is 1. The minimum absolute atomic E-state index is 0.221. The second-order valence-corrected chi connectivity index (χ2v) is 5.86. The highest BCUT2D eigenvalue weighted by atomic mass is 32.2. The Kier molecular flexibility index (Phi) is 4.90. The van der Waals surface area contributed by atoms with E-state index >= 15 is 0 Å². The molecule has 0 aromatic heterocycles. The Labute approximate surface area is 135 Å². The number of carbonyl (C=O) groups excluding carboxylic acids is 3. The molecule has 0 saturated carbocycles. The van der Waals surface area contributed by atoms with E-state index in [4.69, 9.17) is 10.00 Å². The number of carboxylic acid groups (broad SMARTS) is 1. The Balaban J connectivity index is 2.13. The van der Waals surface area contributed by atoms with Gasteiger partial charge in [-0.05, 0) is 5.41 Å². The number of nitriles is 1. The number of hydrogen-bond acceptors (Lipinski definition) is 7. The van der Waals surface area contributed by atoms with Gasteiger partial charge in [-0.3, -0.25) is 14.4 Å². The first-order valence-electron chi connectivity index (χ1n) is 6.56. The van der Waals surface area contributed by atoms with Gasteiger partial charge in [-0.1, -0.05) is 0 Å². The van der Waals surface area contributed by atoms with Crippen LogP contribution < -0.4 is 5.32 Å². The van der Waals surface area contributed by atoms with Gasteiger partial charge in [0.15, 0.2) is 6.04 Å². The summed E-state index contributed by atoms with van der Waals surface area (Å²) in [6.45, 7) is 0.978. The highest BCUT2D eigenvalue weighted by Gasteiger charge is 2.55. The van der Waals surface area contributed by atoms with Crippen LogP contribution in [-0.4, -0.2) is 57.8 Å². The van der Waals surface area contributed by atoms with Crippen LogP contribution in [0.5, 0.6) is 0 Å². The highest BCUT2D eigenvalue weighted by molar-refractivity contribution is 8.02. The maximum Gasteiger partial charge on any atom is 0.330 e. The zero-order valence-corrected chi connectivity index (χ0v) is 12.8. The lowest BCUT2D eigenvalue weighted by Gasteiger charge is -2.51. The number of carbonyl (C=O) groups is 4. The molecule has 1 unspecified atom stereocenters. The summed E-state index contributed by atoms with van der Waals surface area (Å²) >= 11 is 1.16. The molecule has 2 heterocycles. The topological polar surface area (TPSA) is 137 Å². The lowest BCUT2D eigenvalue weighted by atomic mass is 9.98. The molecule has 2 rings (SSSR count). The zero-order valence-electron chi connectivity index (χ0n) is 12.0. The van der Waals surface area contributed by atoms with Gasteiger partial charge in [0.25, 0.3) is 0 Å². The van der Waals surface area contributed by atoms with Gasteiger partial charge >= 0.3 is 11.9 Å². The van der Waals surface area contributed by atoms with Crippen LogP contribution in [0.3, 0.4) is 0 Å². The van der Waals surface area contributed by atoms with Gasteiger partial charge in [0.1, 0.15) is 24.4 Å². The van der Waals surface area contributed by atoms with Crippen molar-refractivity contribution in [3.8, 4) is 6.07 Å². The largest absolute Gasteiger partial charge is 0.479 e. The van der Waals surface area contributed by atoms with E-state index in [1.807, 2.05) is 0 Å². The molecule has 2 N–H and O–H groups in total. The van der Waals surface area contributed by atoms with Crippen LogP contribution in [0, 0.1) is 11.3 Å². The van der Waals surface area contributed by atoms with Crippen LogP contribution in [-0.2, 0) is 23.9 Å². The summed E-state index contributed by atoms with van der Waals surface area (Å²) in [4.78, 5) is 47.0. The van der Waals surface area contributed by atoms with E-state index in [0.717, 1.165) is 16.7 Å². The number of carboxylic acids is 1. The zero-order chi connectivity index (χ0) is 17.1. The molecule has 122 valence electrons. The first kappa shape index (κ1) is 16.8. The third-order valence-corrected chi connectivity index (χ3v) is 4.52. The molecule has 1 fully saturated rings. The molecular weight excluding hydrogens is 326 g/mol. The Hall–Kier alpha value is -2.54. The Morgan fingerprint density at radius 2 is 2.22 bits per heavy atom. The van der Waals surface area contributed by atoms with E-state index < -0.39 is 41.2 Å². The molecule has 0 bridgehead atoms. The summed E-state index contributed by atoms with van der Waals surface area (Å²) in [5.41, 5.74) is 0.282. The van der Waals surface area contributed by atoms with Gasteiger partial charge in [0.2, 0.25) is 11.8 Å². The van der Waals surface area contributed by atoms with Gasteiger partial charge in [0, 0.05) is 12.5 Å². The van der Waals surface area contributed by atoms with Gasteiger partial charge < -0.3 is 20.1 Å². The highest BCUT2D eigenvalue weighted by Crippen LogP contribution is 2.40. The average molecular weight is 339 g/mol. The fourth-order valence-electron chi connectivity index (χ4n) is 2.31. The lowest BCUT2D eigenvalue weighted by molar-refractivity contribution is -0.160. The van der Waals surface area contributed by atoms with E-state index in [2.05, 4.69) is 5.32 Å². The fraction of sp³-hybridized carbons (Fsp3) is 0.462. The molecule has 9 nitrogen and oxygen atoms in total. The average Bonchev–Trinajstić information content (AvgIpc) is 2.49. The smallest absolute Gasteiger partial charge is 0.330 e. The van der Waals surface area contributed by atoms with Crippen LogP contribution in [0.25, 0.3) is 0 Å². The summed E-state index contributed by atoms with van der Waals surface area (Å²) in [5, 5.41) is 21.2. The SMILES string of the molecule is CC(=O)OCC1=CS[C@@H]2[C@H](NC(=O)CC#N)C(=O)N2C1C(=O)O. The third-order valence-electron chi connectivity index (χ3n) is 3.30. The molecule has 2 aliphatic heterocycles. The number of β-lactam (4-membered cyclic amide) rings is 1. The van der Waals surface area contributed by atoms with Crippen LogP contribution in [0.1, 0.15) is 13.3 Å². The van der Waals surface area contributed by atoms with Crippen molar-refractivity contribution in [1.82, 2.24) is 10.2 Å². The Bertz CT molecular complexity index is 640. The first-order valence-corrected chi connectivity index (χ1v) is 7.50. The number of amides is 2. The maximum absolute atomic E-state index is 12.2. The number of nitrogens with zero attached hydrogens (tertiary/aromatic N) is 2. The maximum atomic E-state index is 12.2. The molecule has 3 atom stereocenters. The number of fused-ring (bicyclic) bond motifs is 1. The minimum Gasteiger partial charge on any atom is -0.479 e. The number of rotatable bonds is 5. The first-order chi connectivity index (χ1) is 10.9. The van der Waals surface area contributed by atoms with Crippen molar-refractivity contribution >= 4 is 35.5 Å².